The topological polar surface area (TPSA) is 105 Å². The number of para-hydroxylation sites is 1. The van der Waals surface area contributed by atoms with E-state index in [-0.39, 0.29) is 24.8 Å². The second-order valence-corrected chi connectivity index (χ2v) is 6.79. The van der Waals surface area contributed by atoms with Gasteiger partial charge in [-0.3, -0.25) is 19.7 Å². The Balaban J connectivity index is 1.96. The molecule has 4 amide bonds. The number of carbonyl (C=O) groups excluding carboxylic acids is 4. The summed E-state index contributed by atoms with van der Waals surface area (Å²) >= 11 is 0. The molecular weight excluding hydrogens is 362 g/mol. The van der Waals surface area contributed by atoms with Gasteiger partial charge in [-0.05, 0) is 30.9 Å². The first-order valence-corrected chi connectivity index (χ1v) is 9.50. The van der Waals surface area contributed by atoms with Crippen LogP contribution in [0.3, 0.4) is 0 Å². The molecule has 1 aromatic carbocycles. The van der Waals surface area contributed by atoms with Gasteiger partial charge < -0.3 is 15.0 Å². The summed E-state index contributed by atoms with van der Waals surface area (Å²) < 4.78 is 4.99. The van der Waals surface area contributed by atoms with Gasteiger partial charge in [-0.1, -0.05) is 32.0 Å². The van der Waals surface area contributed by atoms with Gasteiger partial charge in [0.15, 0.2) is 6.61 Å². The van der Waals surface area contributed by atoms with Crippen molar-refractivity contribution in [1.82, 2.24) is 10.6 Å². The van der Waals surface area contributed by atoms with E-state index >= 15 is 0 Å². The highest BCUT2D eigenvalue weighted by Crippen LogP contribution is 2.33. The Bertz CT molecular complexity index is 749. The molecule has 8 nitrogen and oxygen atoms in total. The van der Waals surface area contributed by atoms with Crippen molar-refractivity contribution >= 4 is 29.5 Å². The second kappa shape index (κ2) is 9.87. The molecule has 1 aliphatic heterocycles. The Morgan fingerprint density at radius 2 is 1.96 bits per heavy atom. The average Bonchev–Trinajstić information content (AvgIpc) is 3.07. The number of esters is 1. The average molecular weight is 389 g/mol. The third-order valence-electron chi connectivity index (χ3n) is 4.77. The summed E-state index contributed by atoms with van der Waals surface area (Å²) in [6.45, 7) is 5.91. The molecule has 2 rings (SSSR count). The number of hydrogen-bond donors (Lipinski definition) is 2. The van der Waals surface area contributed by atoms with E-state index in [4.69, 9.17) is 4.74 Å². The van der Waals surface area contributed by atoms with Crippen molar-refractivity contribution in [2.75, 3.05) is 24.6 Å². The molecule has 0 spiro atoms. The molecule has 1 aromatic rings. The van der Waals surface area contributed by atoms with E-state index in [1.165, 1.54) is 0 Å². The number of anilines is 1. The molecule has 0 radical (unpaired) electrons. The molecule has 8 heteroatoms. The number of ether oxygens (including phenoxy) is 1. The summed E-state index contributed by atoms with van der Waals surface area (Å²) in [6.07, 6.45) is 0.969. The van der Waals surface area contributed by atoms with Gasteiger partial charge in [0.2, 0.25) is 5.91 Å². The van der Waals surface area contributed by atoms with Crippen molar-refractivity contribution in [3.05, 3.63) is 29.8 Å². The van der Waals surface area contributed by atoms with Crippen LogP contribution in [0.5, 0.6) is 0 Å². The Labute approximate surface area is 164 Å². The van der Waals surface area contributed by atoms with Gasteiger partial charge in [-0.15, -0.1) is 0 Å². The molecule has 1 saturated heterocycles. The van der Waals surface area contributed by atoms with Crippen LogP contribution in [0.4, 0.5) is 10.5 Å². The number of carbonyl (C=O) groups is 4. The second-order valence-electron chi connectivity index (χ2n) is 6.79. The van der Waals surface area contributed by atoms with Gasteiger partial charge in [0.05, 0.1) is 5.92 Å². The zero-order valence-electron chi connectivity index (χ0n) is 16.5. The molecule has 152 valence electrons. The standard InChI is InChI=1S/C20H27N3O5/c1-4-13(3)15-8-6-7-9-16(15)23-11-14(10-18(23)25)19(26)28-12-17(24)22-20(27)21-5-2/h6-9,13-14H,4-5,10-12H2,1-3H3,(H2,21,22,24,27)/t13-,14-/m1/s1. The van der Waals surface area contributed by atoms with Crippen LogP contribution in [0.1, 0.15) is 45.1 Å². The fraction of sp³-hybridized carbons (Fsp3) is 0.500. The van der Waals surface area contributed by atoms with Crippen molar-refractivity contribution in [1.29, 1.82) is 0 Å². The zero-order valence-corrected chi connectivity index (χ0v) is 16.5. The van der Waals surface area contributed by atoms with Crippen molar-refractivity contribution in [3.8, 4) is 0 Å². The highest BCUT2D eigenvalue weighted by atomic mass is 16.5. The first kappa shape index (κ1) is 21.4. The zero-order chi connectivity index (χ0) is 20.7. The number of nitrogens with zero attached hydrogens (tertiary/aromatic N) is 1. The van der Waals surface area contributed by atoms with Crippen LogP contribution in [0.2, 0.25) is 0 Å². The third-order valence-corrected chi connectivity index (χ3v) is 4.77. The molecule has 0 unspecified atom stereocenters. The maximum Gasteiger partial charge on any atom is 0.321 e. The minimum atomic E-state index is -0.720. The highest BCUT2D eigenvalue weighted by Gasteiger charge is 2.37. The van der Waals surface area contributed by atoms with E-state index in [9.17, 15) is 19.2 Å². The van der Waals surface area contributed by atoms with Crippen LogP contribution in [0, 0.1) is 5.92 Å². The van der Waals surface area contributed by atoms with E-state index in [0.717, 1.165) is 17.7 Å². The number of urea groups is 1. The molecule has 1 heterocycles. The maximum absolute atomic E-state index is 12.5. The van der Waals surface area contributed by atoms with Gasteiger partial charge in [0, 0.05) is 25.2 Å². The quantitative estimate of drug-likeness (QED) is 0.694. The summed E-state index contributed by atoms with van der Waals surface area (Å²) in [7, 11) is 0. The van der Waals surface area contributed by atoms with E-state index in [0.29, 0.717) is 6.54 Å². The van der Waals surface area contributed by atoms with Crippen molar-refractivity contribution in [3.63, 3.8) is 0 Å². The fourth-order valence-electron chi connectivity index (χ4n) is 3.09. The van der Waals surface area contributed by atoms with Crippen molar-refractivity contribution in [2.45, 2.75) is 39.5 Å². The number of nitrogens with one attached hydrogen (secondary N) is 2. The summed E-state index contributed by atoms with van der Waals surface area (Å²) in [4.78, 5) is 49.3. The predicted molar refractivity (Wildman–Crippen MR) is 104 cm³/mol. The largest absolute Gasteiger partial charge is 0.455 e. The van der Waals surface area contributed by atoms with E-state index in [2.05, 4.69) is 24.5 Å². The molecule has 2 N–H and O–H groups in total. The van der Waals surface area contributed by atoms with Crippen LogP contribution < -0.4 is 15.5 Å². The minimum Gasteiger partial charge on any atom is -0.455 e. The van der Waals surface area contributed by atoms with Gasteiger partial charge >= 0.3 is 12.0 Å². The summed E-state index contributed by atoms with van der Waals surface area (Å²) in [6, 6.07) is 7.03. The number of hydrogen-bond acceptors (Lipinski definition) is 5. The maximum atomic E-state index is 12.5. The van der Waals surface area contributed by atoms with Crippen LogP contribution in [-0.2, 0) is 19.1 Å². The van der Waals surface area contributed by atoms with Gasteiger partial charge in [-0.2, -0.15) is 0 Å². The van der Waals surface area contributed by atoms with Gasteiger partial charge in [0.25, 0.3) is 5.91 Å². The smallest absolute Gasteiger partial charge is 0.321 e. The van der Waals surface area contributed by atoms with Crippen LogP contribution >= 0.6 is 0 Å². The van der Waals surface area contributed by atoms with Crippen LogP contribution in [0.25, 0.3) is 0 Å². The summed E-state index contributed by atoms with van der Waals surface area (Å²) in [5, 5.41) is 4.46. The lowest BCUT2D eigenvalue weighted by Gasteiger charge is -2.23. The Morgan fingerprint density at radius 3 is 2.64 bits per heavy atom. The monoisotopic (exact) mass is 389 g/mol. The van der Waals surface area contributed by atoms with Crippen molar-refractivity contribution in [2.24, 2.45) is 5.92 Å². The van der Waals surface area contributed by atoms with E-state index in [1.54, 1.807) is 11.8 Å². The highest BCUT2D eigenvalue weighted by molar-refractivity contribution is 6.00. The number of amides is 4. The lowest BCUT2D eigenvalue weighted by molar-refractivity contribution is -0.152. The van der Waals surface area contributed by atoms with Crippen molar-refractivity contribution < 1.29 is 23.9 Å². The molecule has 28 heavy (non-hydrogen) atoms. The Hall–Kier alpha value is -2.90. The SMILES string of the molecule is CCNC(=O)NC(=O)COC(=O)[C@@H]1CC(=O)N(c2ccccc2[C@H](C)CC)C1. The van der Waals surface area contributed by atoms with Crippen LogP contribution in [-0.4, -0.2) is 43.5 Å². The first-order valence-electron chi connectivity index (χ1n) is 9.50. The molecule has 1 aliphatic rings. The van der Waals surface area contributed by atoms with E-state index < -0.39 is 30.4 Å². The number of benzene rings is 1. The molecular formula is C20H27N3O5. The Morgan fingerprint density at radius 1 is 1.25 bits per heavy atom. The van der Waals surface area contributed by atoms with Gasteiger partial charge in [-0.25, -0.2) is 4.79 Å². The van der Waals surface area contributed by atoms with Gasteiger partial charge in [0.1, 0.15) is 0 Å². The van der Waals surface area contributed by atoms with E-state index in [1.807, 2.05) is 24.3 Å². The fourth-order valence-corrected chi connectivity index (χ4v) is 3.09. The first-order chi connectivity index (χ1) is 13.4. The molecule has 0 aromatic heterocycles. The molecule has 0 bridgehead atoms. The normalized spacial score (nSPS) is 17.2. The molecule has 0 saturated carbocycles. The molecule has 1 fully saturated rings. The lowest BCUT2D eigenvalue weighted by Crippen LogP contribution is -2.41. The predicted octanol–water partition coefficient (Wildman–Crippen LogP) is 1.94. The molecule has 0 aliphatic carbocycles. The number of rotatable bonds is 7. The summed E-state index contributed by atoms with van der Waals surface area (Å²) in [5.74, 6) is -1.85. The third kappa shape index (κ3) is 5.31. The molecule has 2 atom stereocenters. The Kier molecular flexibility index (Phi) is 7.54. The minimum absolute atomic E-state index is 0.0333. The lowest BCUT2D eigenvalue weighted by atomic mass is 9.96. The number of imide groups is 1. The van der Waals surface area contributed by atoms with Crippen LogP contribution in [0.15, 0.2) is 24.3 Å². The summed E-state index contributed by atoms with van der Waals surface area (Å²) in [5.41, 5.74) is 1.87.